The molecule has 8 heteroatoms. The number of benzene rings is 2. The number of amides is 1. The van der Waals surface area contributed by atoms with Gasteiger partial charge in [-0.3, -0.25) is 4.79 Å². The van der Waals surface area contributed by atoms with Gasteiger partial charge in [-0.2, -0.15) is 5.26 Å². The van der Waals surface area contributed by atoms with Crippen LogP contribution in [0.4, 0.5) is 5.69 Å². The highest BCUT2D eigenvalue weighted by Crippen LogP contribution is 2.28. The normalized spacial score (nSPS) is 12.0. The first-order valence-electron chi connectivity index (χ1n) is 9.20. The number of hydrogen-bond acceptors (Lipinski definition) is 6. The second kappa shape index (κ2) is 7.89. The van der Waals surface area contributed by atoms with E-state index in [0.717, 1.165) is 28.6 Å². The minimum absolute atomic E-state index is 0.167. The Labute approximate surface area is 171 Å². The van der Waals surface area contributed by atoms with E-state index in [2.05, 4.69) is 38.1 Å². The maximum atomic E-state index is 12.5. The average molecular weight is 402 g/mol. The number of aryl methyl sites for hydroxylation is 1. The Hall–Kier alpha value is -3.44. The third kappa shape index (κ3) is 3.65. The molecule has 1 amide bonds. The van der Waals surface area contributed by atoms with Crippen molar-refractivity contribution in [1.82, 2.24) is 19.7 Å². The molecule has 0 radical (unpaired) electrons. The first kappa shape index (κ1) is 18.9. The van der Waals surface area contributed by atoms with Crippen molar-refractivity contribution in [3.8, 4) is 6.07 Å². The van der Waals surface area contributed by atoms with Crippen LogP contribution in [0, 0.1) is 11.3 Å². The van der Waals surface area contributed by atoms with Gasteiger partial charge in [-0.25, -0.2) is 4.98 Å². The summed E-state index contributed by atoms with van der Waals surface area (Å²) in [7, 11) is 0. The van der Waals surface area contributed by atoms with Crippen LogP contribution in [-0.2, 0) is 11.3 Å². The fraction of sp³-hybridized carbons (Fsp3) is 0.190. The maximum Gasteiger partial charge on any atom is 0.237 e. The molecule has 2 aromatic heterocycles. The molecular formula is C21H18N6OS. The molecule has 4 aromatic rings. The van der Waals surface area contributed by atoms with Crippen LogP contribution in [0.25, 0.3) is 22.1 Å². The lowest BCUT2D eigenvalue weighted by Crippen LogP contribution is -2.22. The predicted molar refractivity (Wildman–Crippen MR) is 114 cm³/mol. The van der Waals surface area contributed by atoms with Gasteiger partial charge in [0.2, 0.25) is 11.1 Å². The summed E-state index contributed by atoms with van der Waals surface area (Å²) in [6.07, 6.45) is 0. The molecule has 7 nitrogen and oxygen atoms in total. The van der Waals surface area contributed by atoms with Crippen molar-refractivity contribution in [1.29, 1.82) is 5.26 Å². The van der Waals surface area contributed by atoms with E-state index >= 15 is 0 Å². The van der Waals surface area contributed by atoms with Gasteiger partial charge in [-0.05, 0) is 44.2 Å². The monoisotopic (exact) mass is 402 g/mol. The molecule has 0 aliphatic heterocycles. The number of carbonyl (C=O) groups is 1. The highest BCUT2D eigenvalue weighted by Gasteiger charge is 2.19. The number of nitriles is 1. The Balaban J connectivity index is 1.56. The van der Waals surface area contributed by atoms with Gasteiger partial charge in [-0.1, -0.05) is 30.0 Å². The number of hydrogen-bond donors (Lipinski definition) is 1. The Morgan fingerprint density at radius 1 is 1.21 bits per heavy atom. The molecule has 2 heterocycles. The molecule has 29 heavy (non-hydrogen) atoms. The third-order valence-electron chi connectivity index (χ3n) is 4.60. The fourth-order valence-electron chi connectivity index (χ4n) is 3.14. The molecule has 1 N–H and O–H groups in total. The summed E-state index contributed by atoms with van der Waals surface area (Å²) >= 11 is 1.26. The van der Waals surface area contributed by atoms with Crippen molar-refractivity contribution >= 4 is 45.4 Å². The zero-order valence-electron chi connectivity index (χ0n) is 16.0. The van der Waals surface area contributed by atoms with E-state index in [0.29, 0.717) is 16.4 Å². The molecule has 1 atom stereocenters. The quantitative estimate of drug-likeness (QED) is 0.507. The standard InChI is InChI=1S/C21H18N6OS/c1-3-27-17-7-5-4-6-16(17)18-19(27)24-21(26-25-18)29-13(2)20(28)23-15-10-8-14(12-22)9-11-15/h4-11,13H,3H2,1-2H3,(H,23,28)/t13-/m0/s1. The molecule has 2 aromatic carbocycles. The lowest BCUT2D eigenvalue weighted by molar-refractivity contribution is -0.115. The summed E-state index contributed by atoms with van der Waals surface area (Å²) in [6.45, 7) is 4.63. The lowest BCUT2D eigenvalue weighted by atomic mass is 10.2. The molecule has 0 aliphatic rings. The number of nitrogens with one attached hydrogen (secondary N) is 1. The molecule has 4 rings (SSSR count). The second-order valence-corrected chi connectivity index (χ2v) is 7.77. The number of rotatable bonds is 5. The number of thioether (sulfide) groups is 1. The van der Waals surface area contributed by atoms with Crippen LogP contribution in [0.2, 0.25) is 0 Å². The topological polar surface area (TPSA) is 96.5 Å². The third-order valence-corrected chi connectivity index (χ3v) is 5.56. The SMILES string of the molecule is CCn1c2ccccc2c2nnc(S[C@@H](C)C(=O)Nc3ccc(C#N)cc3)nc21. The van der Waals surface area contributed by atoms with Gasteiger partial charge in [0.1, 0.15) is 5.52 Å². The highest BCUT2D eigenvalue weighted by atomic mass is 32.2. The summed E-state index contributed by atoms with van der Waals surface area (Å²) in [5.74, 6) is -0.167. The van der Waals surface area contributed by atoms with Gasteiger partial charge in [0.15, 0.2) is 5.65 Å². The zero-order valence-corrected chi connectivity index (χ0v) is 16.8. The largest absolute Gasteiger partial charge is 0.325 e. The lowest BCUT2D eigenvalue weighted by Gasteiger charge is -2.11. The Morgan fingerprint density at radius 3 is 2.69 bits per heavy atom. The first-order chi connectivity index (χ1) is 14.1. The van der Waals surface area contributed by atoms with Crippen molar-refractivity contribution < 1.29 is 4.79 Å². The Bertz CT molecular complexity index is 1240. The van der Waals surface area contributed by atoms with E-state index < -0.39 is 5.25 Å². The molecule has 0 bridgehead atoms. The predicted octanol–water partition coefficient (Wildman–Crippen LogP) is 3.99. The van der Waals surface area contributed by atoms with Crippen molar-refractivity contribution in [3.05, 3.63) is 54.1 Å². The van der Waals surface area contributed by atoms with E-state index in [1.165, 1.54) is 11.8 Å². The smallest absolute Gasteiger partial charge is 0.237 e. The van der Waals surface area contributed by atoms with Crippen LogP contribution in [0.15, 0.2) is 53.7 Å². The molecule has 0 fully saturated rings. The summed E-state index contributed by atoms with van der Waals surface area (Å²) in [5, 5.41) is 21.4. The van der Waals surface area contributed by atoms with E-state index in [9.17, 15) is 4.79 Å². The highest BCUT2D eigenvalue weighted by molar-refractivity contribution is 8.00. The number of anilines is 1. The molecule has 0 aliphatic carbocycles. The average Bonchev–Trinajstić information content (AvgIpc) is 3.07. The number of para-hydroxylation sites is 1. The van der Waals surface area contributed by atoms with Gasteiger partial charge in [0, 0.05) is 17.6 Å². The van der Waals surface area contributed by atoms with Crippen LogP contribution in [0.3, 0.4) is 0 Å². The molecule has 0 saturated heterocycles. The van der Waals surface area contributed by atoms with Gasteiger partial charge in [0.05, 0.1) is 22.4 Å². The van der Waals surface area contributed by atoms with Crippen LogP contribution in [-0.4, -0.2) is 30.9 Å². The second-order valence-electron chi connectivity index (χ2n) is 6.47. The molecular weight excluding hydrogens is 384 g/mol. The molecule has 144 valence electrons. The summed E-state index contributed by atoms with van der Waals surface area (Å²) < 4.78 is 2.10. The first-order valence-corrected chi connectivity index (χ1v) is 10.1. The number of carbonyl (C=O) groups excluding carboxylic acids is 1. The van der Waals surface area contributed by atoms with Crippen LogP contribution < -0.4 is 5.32 Å². The van der Waals surface area contributed by atoms with Gasteiger partial charge in [0.25, 0.3) is 0 Å². The maximum absolute atomic E-state index is 12.5. The summed E-state index contributed by atoms with van der Waals surface area (Å²) in [5.41, 5.74) is 3.79. The van der Waals surface area contributed by atoms with Gasteiger partial charge in [-0.15, -0.1) is 10.2 Å². The fourth-order valence-corrected chi connectivity index (χ4v) is 3.85. The summed E-state index contributed by atoms with van der Waals surface area (Å²) in [4.78, 5) is 17.2. The number of fused-ring (bicyclic) bond motifs is 3. The van der Waals surface area contributed by atoms with Crippen molar-refractivity contribution in [2.75, 3.05) is 5.32 Å². The number of nitrogens with zero attached hydrogens (tertiary/aromatic N) is 5. The van der Waals surface area contributed by atoms with E-state index in [4.69, 9.17) is 5.26 Å². The number of aromatic nitrogens is 4. The Kier molecular flexibility index (Phi) is 5.14. The van der Waals surface area contributed by atoms with Crippen LogP contribution >= 0.6 is 11.8 Å². The summed E-state index contributed by atoms with van der Waals surface area (Å²) in [6, 6.07) is 16.8. The minimum Gasteiger partial charge on any atom is -0.325 e. The molecule has 0 unspecified atom stereocenters. The van der Waals surface area contributed by atoms with Crippen molar-refractivity contribution in [2.24, 2.45) is 0 Å². The minimum atomic E-state index is -0.413. The van der Waals surface area contributed by atoms with Crippen molar-refractivity contribution in [2.45, 2.75) is 30.8 Å². The van der Waals surface area contributed by atoms with E-state index in [1.807, 2.05) is 24.3 Å². The van der Waals surface area contributed by atoms with Gasteiger partial charge >= 0.3 is 0 Å². The van der Waals surface area contributed by atoms with Crippen LogP contribution in [0.5, 0.6) is 0 Å². The Morgan fingerprint density at radius 2 is 1.97 bits per heavy atom. The van der Waals surface area contributed by atoms with E-state index in [1.54, 1.807) is 31.2 Å². The molecule has 0 saturated carbocycles. The zero-order chi connectivity index (χ0) is 20.4. The van der Waals surface area contributed by atoms with Crippen LogP contribution in [0.1, 0.15) is 19.4 Å². The van der Waals surface area contributed by atoms with E-state index in [-0.39, 0.29) is 5.91 Å². The van der Waals surface area contributed by atoms with Gasteiger partial charge < -0.3 is 9.88 Å². The van der Waals surface area contributed by atoms with Crippen molar-refractivity contribution in [3.63, 3.8) is 0 Å². The molecule has 0 spiro atoms.